The Morgan fingerprint density at radius 2 is 1.88 bits per heavy atom. The maximum Gasteiger partial charge on any atom is 0.161 e. The van der Waals surface area contributed by atoms with Crippen LogP contribution in [0.25, 0.3) is 0 Å². The second kappa shape index (κ2) is 5.75. The van der Waals surface area contributed by atoms with Crippen LogP contribution in [0.3, 0.4) is 0 Å². The zero-order valence-corrected chi connectivity index (χ0v) is 10.5. The molecule has 90 valence electrons. The van der Waals surface area contributed by atoms with Crippen molar-refractivity contribution in [3.05, 3.63) is 23.8 Å². The van der Waals surface area contributed by atoms with Gasteiger partial charge in [-0.3, -0.25) is 0 Å². The summed E-state index contributed by atoms with van der Waals surface area (Å²) >= 11 is 0. The molecule has 1 unspecified atom stereocenters. The number of hydrogen-bond acceptors (Lipinski definition) is 3. The zero-order valence-electron chi connectivity index (χ0n) is 10.5. The van der Waals surface area contributed by atoms with Crippen molar-refractivity contribution in [2.45, 2.75) is 39.3 Å². The quantitative estimate of drug-likeness (QED) is 0.833. The van der Waals surface area contributed by atoms with Gasteiger partial charge in [0.15, 0.2) is 11.5 Å². The van der Waals surface area contributed by atoms with Gasteiger partial charge in [0.1, 0.15) is 0 Å². The minimum absolute atomic E-state index is 0.146. The van der Waals surface area contributed by atoms with Gasteiger partial charge in [0, 0.05) is 6.04 Å². The van der Waals surface area contributed by atoms with E-state index in [4.69, 9.17) is 15.2 Å². The van der Waals surface area contributed by atoms with Gasteiger partial charge in [0.05, 0.1) is 13.2 Å². The second-order valence-electron chi connectivity index (χ2n) is 4.33. The summed E-state index contributed by atoms with van der Waals surface area (Å²) in [6.45, 7) is 5.98. The van der Waals surface area contributed by atoms with Crippen LogP contribution in [-0.4, -0.2) is 19.3 Å². The average Bonchev–Trinajstić information content (AvgIpc) is 2.18. The third kappa shape index (κ3) is 3.74. The summed E-state index contributed by atoms with van der Waals surface area (Å²) in [7, 11) is 1.65. The molecule has 0 bridgehead atoms. The van der Waals surface area contributed by atoms with Gasteiger partial charge >= 0.3 is 0 Å². The molecule has 0 saturated heterocycles. The Bertz CT molecular complexity index is 335. The van der Waals surface area contributed by atoms with Crippen LogP contribution in [0.1, 0.15) is 26.3 Å². The molecular weight excluding hydrogens is 202 g/mol. The van der Waals surface area contributed by atoms with Crippen LogP contribution in [0.15, 0.2) is 18.2 Å². The molecule has 0 aliphatic rings. The summed E-state index contributed by atoms with van der Waals surface area (Å²) in [6.07, 6.45) is 0.992. The smallest absolute Gasteiger partial charge is 0.161 e. The predicted molar refractivity (Wildman–Crippen MR) is 66.1 cm³/mol. The Morgan fingerprint density at radius 1 is 1.19 bits per heavy atom. The lowest BCUT2D eigenvalue weighted by molar-refractivity contribution is 0.230. The third-order valence-corrected chi connectivity index (χ3v) is 2.15. The summed E-state index contributed by atoms with van der Waals surface area (Å²) in [5, 5.41) is 0. The number of benzene rings is 1. The molecule has 0 aliphatic heterocycles. The van der Waals surface area contributed by atoms with Crippen molar-refractivity contribution in [1.82, 2.24) is 0 Å². The largest absolute Gasteiger partial charge is 0.493 e. The Labute approximate surface area is 97.6 Å². The molecule has 0 heterocycles. The van der Waals surface area contributed by atoms with Crippen molar-refractivity contribution in [1.29, 1.82) is 0 Å². The molecule has 2 N–H and O–H groups in total. The minimum atomic E-state index is 0.146. The van der Waals surface area contributed by atoms with Crippen LogP contribution in [0, 0.1) is 0 Å². The van der Waals surface area contributed by atoms with Crippen LogP contribution in [-0.2, 0) is 6.42 Å². The summed E-state index contributed by atoms with van der Waals surface area (Å²) in [4.78, 5) is 0. The molecular formula is C13H21NO2. The highest BCUT2D eigenvalue weighted by molar-refractivity contribution is 5.43. The molecule has 1 atom stereocenters. The van der Waals surface area contributed by atoms with E-state index in [1.165, 1.54) is 5.56 Å². The van der Waals surface area contributed by atoms with Crippen molar-refractivity contribution in [2.24, 2.45) is 5.73 Å². The van der Waals surface area contributed by atoms with E-state index in [2.05, 4.69) is 0 Å². The zero-order chi connectivity index (χ0) is 12.1. The Morgan fingerprint density at radius 3 is 2.38 bits per heavy atom. The van der Waals surface area contributed by atoms with Gasteiger partial charge in [-0.05, 0) is 44.9 Å². The molecule has 1 rings (SSSR count). The van der Waals surface area contributed by atoms with Gasteiger partial charge in [-0.15, -0.1) is 0 Å². The fourth-order valence-corrected chi connectivity index (χ4v) is 1.56. The van der Waals surface area contributed by atoms with E-state index in [0.717, 1.165) is 17.9 Å². The van der Waals surface area contributed by atoms with Gasteiger partial charge in [-0.25, -0.2) is 0 Å². The first-order valence-electron chi connectivity index (χ1n) is 5.62. The fourth-order valence-electron chi connectivity index (χ4n) is 1.56. The van der Waals surface area contributed by atoms with Gasteiger partial charge < -0.3 is 15.2 Å². The molecule has 1 aromatic rings. The van der Waals surface area contributed by atoms with E-state index < -0.39 is 0 Å². The number of hydrogen-bond donors (Lipinski definition) is 1. The van der Waals surface area contributed by atoms with E-state index in [1.807, 2.05) is 39.0 Å². The summed E-state index contributed by atoms with van der Waals surface area (Å²) in [6, 6.07) is 6.11. The maximum absolute atomic E-state index is 5.76. The molecule has 0 spiro atoms. The number of methoxy groups -OCH3 is 1. The molecule has 0 saturated carbocycles. The first-order valence-corrected chi connectivity index (χ1v) is 5.62. The maximum atomic E-state index is 5.76. The lowest BCUT2D eigenvalue weighted by atomic mass is 10.1. The van der Waals surface area contributed by atoms with Gasteiger partial charge in [-0.1, -0.05) is 6.07 Å². The average molecular weight is 223 g/mol. The topological polar surface area (TPSA) is 44.5 Å². The molecule has 3 heteroatoms. The van der Waals surface area contributed by atoms with Crippen LogP contribution < -0.4 is 15.2 Å². The lowest BCUT2D eigenvalue weighted by Gasteiger charge is -2.15. The molecule has 0 amide bonds. The SMILES string of the molecule is COc1cc(CC(C)N)ccc1OC(C)C. The van der Waals surface area contributed by atoms with E-state index in [1.54, 1.807) is 7.11 Å². The molecule has 16 heavy (non-hydrogen) atoms. The van der Waals surface area contributed by atoms with Crippen LogP contribution in [0.2, 0.25) is 0 Å². The van der Waals surface area contributed by atoms with Gasteiger partial charge in [0.2, 0.25) is 0 Å². The molecule has 0 aromatic heterocycles. The van der Waals surface area contributed by atoms with Crippen LogP contribution >= 0.6 is 0 Å². The Kier molecular flexibility index (Phi) is 4.62. The predicted octanol–water partition coefficient (Wildman–Crippen LogP) is 2.37. The van der Waals surface area contributed by atoms with E-state index in [-0.39, 0.29) is 12.1 Å². The van der Waals surface area contributed by atoms with E-state index in [9.17, 15) is 0 Å². The summed E-state index contributed by atoms with van der Waals surface area (Å²) in [5.74, 6) is 1.55. The van der Waals surface area contributed by atoms with Crippen LogP contribution in [0.4, 0.5) is 0 Å². The monoisotopic (exact) mass is 223 g/mol. The van der Waals surface area contributed by atoms with Crippen molar-refractivity contribution >= 4 is 0 Å². The van der Waals surface area contributed by atoms with Gasteiger partial charge in [0.25, 0.3) is 0 Å². The van der Waals surface area contributed by atoms with Crippen molar-refractivity contribution in [2.75, 3.05) is 7.11 Å². The van der Waals surface area contributed by atoms with Crippen molar-refractivity contribution in [3.63, 3.8) is 0 Å². The highest BCUT2D eigenvalue weighted by Gasteiger charge is 2.08. The third-order valence-electron chi connectivity index (χ3n) is 2.15. The van der Waals surface area contributed by atoms with E-state index >= 15 is 0 Å². The Hall–Kier alpha value is -1.22. The fraction of sp³-hybridized carbons (Fsp3) is 0.538. The lowest BCUT2D eigenvalue weighted by Crippen LogP contribution is -2.17. The number of rotatable bonds is 5. The number of ether oxygens (including phenoxy) is 2. The highest BCUT2D eigenvalue weighted by Crippen LogP contribution is 2.29. The standard InChI is InChI=1S/C13H21NO2/c1-9(2)16-12-6-5-11(7-10(3)14)8-13(12)15-4/h5-6,8-10H,7,14H2,1-4H3. The molecule has 1 aromatic carbocycles. The van der Waals surface area contributed by atoms with Crippen molar-refractivity contribution in [3.8, 4) is 11.5 Å². The molecule has 0 radical (unpaired) electrons. The molecule has 0 aliphatic carbocycles. The highest BCUT2D eigenvalue weighted by atomic mass is 16.5. The summed E-state index contributed by atoms with van der Waals surface area (Å²) < 4.78 is 10.9. The summed E-state index contributed by atoms with van der Waals surface area (Å²) in [5.41, 5.74) is 6.93. The first-order chi connectivity index (χ1) is 7.52. The molecule has 0 fully saturated rings. The number of nitrogens with two attached hydrogens (primary N) is 1. The first kappa shape index (κ1) is 12.8. The molecule has 3 nitrogen and oxygen atoms in total. The minimum Gasteiger partial charge on any atom is -0.493 e. The van der Waals surface area contributed by atoms with Gasteiger partial charge in [-0.2, -0.15) is 0 Å². The van der Waals surface area contributed by atoms with Crippen molar-refractivity contribution < 1.29 is 9.47 Å². The normalized spacial score (nSPS) is 12.6. The Balaban J connectivity index is 2.88. The second-order valence-corrected chi connectivity index (χ2v) is 4.33. The van der Waals surface area contributed by atoms with E-state index in [0.29, 0.717) is 0 Å². The van der Waals surface area contributed by atoms with Crippen LogP contribution in [0.5, 0.6) is 11.5 Å².